The molecule has 0 spiro atoms. The highest BCUT2D eigenvalue weighted by atomic mass is 79.9. The van der Waals surface area contributed by atoms with E-state index < -0.39 is 0 Å². The lowest BCUT2D eigenvalue weighted by Crippen LogP contribution is -2.10. The van der Waals surface area contributed by atoms with Crippen molar-refractivity contribution in [3.8, 4) is 0 Å². The van der Waals surface area contributed by atoms with Gasteiger partial charge in [0.25, 0.3) is 0 Å². The van der Waals surface area contributed by atoms with Crippen LogP contribution in [0.3, 0.4) is 0 Å². The number of halogens is 1. The van der Waals surface area contributed by atoms with Crippen molar-refractivity contribution in [2.45, 2.75) is 52.4 Å². The smallest absolute Gasteiger partial charge is 0.0175 e. The second kappa shape index (κ2) is 7.74. The Morgan fingerprint density at radius 3 is 1.56 bits per heavy atom. The quantitative estimate of drug-likeness (QED) is 0.362. The minimum atomic E-state index is 0.240. The van der Waals surface area contributed by atoms with Gasteiger partial charge in [-0.1, -0.05) is 112 Å². The molecule has 0 radical (unpaired) electrons. The van der Waals surface area contributed by atoms with Crippen LogP contribution in [0.1, 0.15) is 52.7 Å². The summed E-state index contributed by atoms with van der Waals surface area (Å²) in [5.74, 6) is 0. The average molecular weight is 397 g/mol. The molecule has 0 saturated heterocycles. The van der Waals surface area contributed by atoms with Crippen molar-refractivity contribution in [3.63, 3.8) is 0 Å². The van der Waals surface area contributed by atoms with Gasteiger partial charge in [0.1, 0.15) is 0 Å². The molecule has 0 saturated carbocycles. The van der Waals surface area contributed by atoms with Crippen LogP contribution in [0.4, 0.5) is 0 Å². The van der Waals surface area contributed by atoms with Crippen LogP contribution in [0, 0.1) is 0 Å². The third kappa shape index (κ3) is 5.71. The van der Waals surface area contributed by atoms with E-state index in [0.717, 1.165) is 4.47 Å². The van der Waals surface area contributed by atoms with Gasteiger partial charge >= 0.3 is 0 Å². The van der Waals surface area contributed by atoms with E-state index in [1.54, 1.807) is 0 Å². The van der Waals surface area contributed by atoms with E-state index >= 15 is 0 Å². The summed E-state index contributed by atoms with van der Waals surface area (Å²) < 4.78 is 1.14. The molecule has 0 aromatic heterocycles. The summed E-state index contributed by atoms with van der Waals surface area (Å²) in [5.41, 5.74) is 3.28. The highest BCUT2D eigenvalue weighted by Gasteiger charge is 2.13. The lowest BCUT2D eigenvalue weighted by Gasteiger charge is -2.19. The number of hydrogen-bond donors (Lipinski definition) is 0. The van der Waals surface area contributed by atoms with Gasteiger partial charge in [0.05, 0.1) is 0 Å². The first-order valence-electron chi connectivity index (χ1n) is 8.83. The molecule has 0 amide bonds. The van der Waals surface area contributed by atoms with Gasteiger partial charge in [0.15, 0.2) is 0 Å². The Bertz CT molecular complexity index is 815. The highest BCUT2D eigenvalue weighted by Crippen LogP contribution is 2.26. The Morgan fingerprint density at radius 1 is 0.560 bits per heavy atom. The zero-order valence-electron chi connectivity index (χ0n) is 16.2. The largest absolute Gasteiger partial charge is 0.0616 e. The van der Waals surface area contributed by atoms with Crippen LogP contribution in [0.15, 0.2) is 71.2 Å². The van der Waals surface area contributed by atoms with Crippen LogP contribution >= 0.6 is 15.9 Å². The first-order chi connectivity index (χ1) is 11.6. The zero-order chi connectivity index (χ0) is 18.7. The minimum Gasteiger partial charge on any atom is -0.0616 e. The summed E-state index contributed by atoms with van der Waals surface area (Å²) in [6.07, 6.45) is 0. The van der Waals surface area contributed by atoms with Crippen LogP contribution in [-0.2, 0) is 10.8 Å². The molecule has 0 N–H and O–H groups in total. The second-order valence-electron chi connectivity index (χ2n) is 8.57. The molecular weight excluding hydrogens is 368 g/mol. The molecular formula is C24H29Br. The van der Waals surface area contributed by atoms with Crippen molar-refractivity contribution in [2.24, 2.45) is 0 Å². The molecule has 1 heteroatoms. The van der Waals surface area contributed by atoms with Crippen molar-refractivity contribution in [3.05, 3.63) is 82.3 Å². The summed E-state index contributed by atoms with van der Waals surface area (Å²) >= 11 is 3.41. The fourth-order valence-electron chi connectivity index (χ4n) is 2.61. The lowest BCUT2D eigenvalue weighted by molar-refractivity contribution is 0.590. The Kier molecular flexibility index (Phi) is 6.11. The van der Waals surface area contributed by atoms with Crippen molar-refractivity contribution >= 4 is 26.7 Å². The maximum atomic E-state index is 3.41. The molecule has 132 valence electrons. The molecule has 0 bridgehead atoms. The second-order valence-corrected chi connectivity index (χ2v) is 9.48. The first-order valence-corrected chi connectivity index (χ1v) is 9.62. The number of hydrogen-bond acceptors (Lipinski definition) is 0. The van der Waals surface area contributed by atoms with Gasteiger partial charge < -0.3 is 0 Å². The molecule has 3 rings (SSSR count). The summed E-state index contributed by atoms with van der Waals surface area (Å²) in [7, 11) is 0. The van der Waals surface area contributed by atoms with E-state index in [9.17, 15) is 0 Å². The van der Waals surface area contributed by atoms with Crippen LogP contribution in [0.5, 0.6) is 0 Å². The monoisotopic (exact) mass is 396 g/mol. The van der Waals surface area contributed by atoms with Gasteiger partial charge in [0.2, 0.25) is 0 Å². The average Bonchev–Trinajstić information content (AvgIpc) is 2.54. The van der Waals surface area contributed by atoms with Gasteiger partial charge in [-0.05, 0) is 44.9 Å². The van der Waals surface area contributed by atoms with E-state index in [0.29, 0.717) is 0 Å². The standard InChI is InChI=1S/C14H16.C10H13Br/c1-14(2,3)13-9-8-11-6-4-5-7-12(11)10-13;1-10(2,3)8-4-6-9(11)7-5-8/h4-10H,1-3H3;4-7H,1-3H3. The Balaban J connectivity index is 0.000000186. The van der Waals surface area contributed by atoms with Crippen molar-refractivity contribution in [1.82, 2.24) is 0 Å². The zero-order valence-corrected chi connectivity index (χ0v) is 17.8. The number of fused-ring (bicyclic) bond motifs is 1. The molecule has 0 atom stereocenters. The fourth-order valence-corrected chi connectivity index (χ4v) is 2.87. The molecule has 0 fully saturated rings. The molecule has 0 aliphatic heterocycles. The molecule has 3 aromatic carbocycles. The SMILES string of the molecule is CC(C)(C)c1ccc(Br)cc1.CC(C)(C)c1ccc2ccccc2c1. The molecule has 0 heterocycles. The van der Waals surface area contributed by atoms with E-state index in [-0.39, 0.29) is 10.8 Å². The molecule has 0 aliphatic carbocycles. The van der Waals surface area contributed by atoms with Crippen molar-refractivity contribution in [1.29, 1.82) is 0 Å². The molecule has 3 aromatic rings. The van der Waals surface area contributed by atoms with Gasteiger partial charge in [-0.15, -0.1) is 0 Å². The van der Waals surface area contributed by atoms with Gasteiger partial charge in [-0.25, -0.2) is 0 Å². The van der Waals surface area contributed by atoms with Crippen LogP contribution < -0.4 is 0 Å². The van der Waals surface area contributed by atoms with E-state index in [1.165, 1.54) is 21.9 Å². The summed E-state index contributed by atoms with van der Waals surface area (Å²) in [6.45, 7) is 13.4. The molecule has 0 unspecified atom stereocenters. The molecule has 0 aliphatic rings. The van der Waals surface area contributed by atoms with E-state index in [1.807, 2.05) is 0 Å². The predicted octanol–water partition coefficient (Wildman–Crippen LogP) is 7.88. The molecule has 0 nitrogen and oxygen atoms in total. The van der Waals surface area contributed by atoms with Gasteiger partial charge in [-0.2, -0.15) is 0 Å². The summed E-state index contributed by atoms with van der Waals surface area (Å²) in [6, 6.07) is 23.7. The maximum absolute atomic E-state index is 3.41. The highest BCUT2D eigenvalue weighted by molar-refractivity contribution is 9.10. The number of benzene rings is 3. The van der Waals surface area contributed by atoms with Gasteiger partial charge in [0, 0.05) is 4.47 Å². The molecule has 25 heavy (non-hydrogen) atoms. The minimum absolute atomic E-state index is 0.240. The third-order valence-corrected chi connectivity index (χ3v) is 4.85. The summed E-state index contributed by atoms with van der Waals surface area (Å²) in [5, 5.41) is 2.65. The number of rotatable bonds is 0. The summed E-state index contributed by atoms with van der Waals surface area (Å²) in [4.78, 5) is 0. The third-order valence-electron chi connectivity index (χ3n) is 4.33. The van der Waals surface area contributed by atoms with Gasteiger partial charge in [-0.3, -0.25) is 0 Å². The van der Waals surface area contributed by atoms with Crippen LogP contribution in [-0.4, -0.2) is 0 Å². The predicted molar refractivity (Wildman–Crippen MR) is 115 cm³/mol. The lowest BCUT2D eigenvalue weighted by atomic mass is 9.86. The Morgan fingerprint density at radius 2 is 1.04 bits per heavy atom. The fraction of sp³-hybridized carbons (Fsp3) is 0.333. The Hall–Kier alpha value is -1.60. The first kappa shape index (κ1) is 19.7. The van der Waals surface area contributed by atoms with E-state index in [2.05, 4.69) is 124 Å². The van der Waals surface area contributed by atoms with Crippen molar-refractivity contribution in [2.75, 3.05) is 0 Å². The normalized spacial score (nSPS) is 11.8. The van der Waals surface area contributed by atoms with Crippen LogP contribution in [0.2, 0.25) is 0 Å². The topological polar surface area (TPSA) is 0 Å². The van der Waals surface area contributed by atoms with Crippen LogP contribution in [0.25, 0.3) is 10.8 Å². The maximum Gasteiger partial charge on any atom is 0.0175 e. The van der Waals surface area contributed by atoms with E-state index in [4.69, 9.17) is 0 Å². The Labute approximate surface area is 161 Å². The van der Waals surface area contributed by atoms with Crippen molar-refractivity contribution < 1.29 is 0 Å².